The maximum absolute atomic E-state index is 12.9. The van der Waals surface area contributed by atoms with Crippen molar-refractivity contribution in [3.63, 3.8) is 0 Å². The molecule has 0 aliphatic heterocycles. The van der Waals surface area contributed by atoms with E-state index in [9.17, 15) is 13.6 Å². The van der Waals surface area contributed by atoms with Crippen molar-refractivity contribution in [2.24, 2.45) is 0 Å². The summed E-state index contributed by atoms with van der Waals surface area (Å²) in [5.41, 5.74) is 0.0341. The quantitative estimate of drug-likeness (QED) is 0.755. The fourth-order valence-corrected chi connectivity index (χ4v) is 1.29. The molecule has 0 amide bonds. The van der Waals surface area contributed by atoms with Crippen LogP contribution in [0.25, 0.3) is 0 Å². The molecule has 0 saturated carbocycles. The largest absolute Gasteiger partial charge is 0.480 e. The normalized spacial score (nSPS) is 12.1. The van der Waals surface area contributed by atoms with Crippen molar-refractivity contribution in [2.75, 3.05) is 6.54 Å². The second kappa shape index (κ2) is 5.37. The van der Waals surface area contributed by atoms with Gasteiger partial charge < -0.3 is 5.11 Å². The summed E-state index contributed by atoms with van der Waals surface area (Å²) in [7, 11) is 0. The summed E-state index contributed by atoms with van der Waals surface area (Å²) >= 11 is 0. The molecule has 1 atom stereocenters. The Bertz CT molecular complexity index is 387. The average Bonchev–Trinajstić information content (AvgIpc) is 2.16. The van der Waals surface area contributed by atoms with E-state index in [1.165, 1.54) is 6.08 Å². The van der Waals surface area contributed by atoms with Crippen molar-refractivity contribution >= 4 is 5.97 Å². The molecule has 0 bridgehead atoms. The third kappa shape index (κ3) is 3.13. The van der Waals surface area contributed by atoms with Gasteiger partial charge in [0.05, 0.1) is 0 Å². The van der Waals surface area contributed by atoms with Gasteiger partial charge in [-0.05, 0) is 17.7 Å². The molecule has 1 rings (SSSR count). The molecule has 1 unspecified atom stereocenters. The van der Waals surface area contributed by atoms with Crippen molar-refractivity contribution in [1.82, 2.24) is 5.32 Å². The Kier molecular flexibility index (Phi) is 4.13. The molecule has 5 heteroatoms. The highest BCUT2D eigenvalue weighted by Gasteiger charge is 2.19. The van der Waals surface area contributed by atoms with Crippen LogP contribution in [-0.2, 0) is 4.79 Å². The molecule has 0 aromatic heterocycles. The zero-order valence-corrected chi connectivity index (χ0v) is 8.41. The van der Waals surface area contributed by atoms with E-state index in [-0.39, 0.29) is 12.1 Å². The number of carbonyl (C=O) groups is 1. The van der Waals surface area contributed by atoms with Gasteiger partial charge in [0.1, 0.15) is 17.7 Å². The topological polar surface area (TPSA) is 49.3 Å². The lowest BCUT2D eigenvalue weighted by Crippen LogP contribution is -2.28. The molecule has 0 aliphatic carbocycles. The summed E-state index contributed by atoms with van der Waals surface area (Å²) in [6.07, 6.45) is 1.46. The molecule has 0 heterocycles. The van der Waals surface area contributed by atoms with Gasteiger partial charge in [-0.1, -0.05) is 6.08 Å². The van der Waals surface area contributed by atoms with Gasteiger partial charge in [0, 0.05) is 12.6 Å². The zero-order valence-electron chi connectivity index (χ0n) is 8.41. The van der Waals surface area contributed by atoms with E-state index in [1.54, 1.807) is 0 Å². The van der Waals surface area contributed by atoms with Crippen LogP contribution in [-0.4, -0.2) is 17.6 Å². The highest BCUT2D eigenvalue weighted by atomic mass is 19.1. The molecule has 0 spiro atoms. The molecule has 0 aliphatic rings. The van der Waals surface area contributed by atoms with Gasteiger partial charge >= 0.3 is 5.97 Å². The van der Waals surface area contributed by atoms with E-state index in [4.69, 9.17) is 5.11 Å². The molecule has 0 radical (unpaired) electrons. The van der Waals surface area contributed by atoms with Crippen molar-refractivity contribution < 1.29 is 18.7 Å². The van der Waals surface area contributed by atoms with Crippen molar-refractivity contribution in [3.8, 4) is 0 Å². The number of hydrogen-bond donors (Lipinski definition) is 2. The van der Waals surface area contributed by atoms with E-state index in [1.807, 2.05) is 0 Å². The van der Waals surface area contributed by atoms with Crippen LogP contribution in [0.3, 0.4) is 0 Å². The van der Waals surface area contributed by atoms with Crippen LogP contribution in [0.15, 0.2) is 30.9 Å². The van der Waals surface area contributed by atoms with Gasteiger partial charge in [-0.3, -0.25) is 10.1 Å². The number of nitrogens with one attached hydrogen (secondary N) is 1. The number of hydrogen-bond acceptors (Lipinski definition) is 2. The molecule has 0 fully saturated rings. The van der Waals surface area contributed by atoms with Crippen LogP contribution in [0.5, 0.6) is 0 Å². The lowest BCUT2D eigenvalue weighted by atomic mass is 10.1. The first-order chi connectivity index (χ1) is 7.54. The SMILES string of the molecule is C=CCNC(C(=O)O)c1cc(F)cc(F)c1. The smallest absolute Gasteiger partial charge is 0.325 e. The van der Waals surface area contributed by atoms with Gasteiger partial charge in [-0.25, -0.2) is 8.78 Å². The van der Waals surface area contributed by atoms with Crippen molar-refractivity contribution in [1.29, 1.82) is 0 Å². The number of rotatable bonds is 5. The van der Waals surface area contributed by atoms with Crippen molar-refractivity contribution in [3.05, 3.63) is 48.1 Å². The Balaban J connectivity index is 3.00. The summed E-state index contributed by atoms with van der Waals surface area (Å²) < 4.78 is 25.8. The van der Waals surface area contributed by atoms with E-state index >= 15 is 0 Å². The maximum Gasteiger partial charge on any atom is 0.325 e. The minimum absolute atomic E-state index is 0.0341. The minimum Gasteiger partial charge on any atom is -0.480 e. The van der Waals surface area contributed by atoms with E-state index in [2.05, 4.69) is 11.9 Å². The fourth-order valence-electron chi connectivity index (χ4n) is 1.29. The first kappa shape index (κ1) is 12.3. The maximum atomic E-state index is 12.9. The van der Waals surface area contributed by atoms with Crippen LogP contribution in [0.2, 0.25) is 0 Å². The molecular formula is C11H11F2NO2. The number of carboxylic acid groups (broad SMARTS) is 1. The van der Waals surface area contributed by atoms with E-state index in [0.29, 0.717) is 6.07 Å². The Morgan fingerprint density at radius 2 is 2.00 bits per heavy atom. The second-order valence-corrected chi connectivity index (χ2v) is 3.17. The molecule has 2 N–H and O–H groups in total. The van der Waals surface area contributed by atoms with Gasteiger partial charge in [0.25, 0.3) is 0 Å². The molecule has 1 aromatic rings. The number of benzene rings is 1. The lowest BCUT2D eigenvalue weighted by Gasteiger charge is -2.13. The Morgan fingerprint density at radius 3 is 2.44 bits per heavy atom. The summed E-state index contributed by atoms with van der Waals surface area (Å²) in [6, 6.07) is 1.51. The van der Waals surface area contributed by atoms with Gasteiger partial charge in [0.2, 0.25) is 0 Å². The average molecular weight is 227 g/mol. The summed E-state index contributed by atoms with van der Waals surface area (Å²) in [5, 5.41) is 11.5. The summed E-state index contributed by atoms with van der Waals surface area (Å²) in [4.78, 5) is 10.9. The van der Waals surface area contributed by atoms with Crippen LogP contribution < -0.4 is 5.32 Å². The number of halogens is 2. The van der Waals surface area contributed by atoms with Gasteiger partial charge in [-0.2, -0.15) is 0 Å². The third-order valence-electron chi connectivity index (χ3n) is 1.93. The molecular weight excluding hydrogens is 216 g/mol. The molecule has 1 aromatic carbocycles. The highest BCUT2D eigenvalue weighted by Crippen LogP contribution is 2.16. The number of carboxylic acids is 1. The molecule has 16 heavy (non-hydrogen) atoms. The van der Waals surface area contributed by atoms with E-state index < -0.39 is 23.6 Å². The third-order valence-corrected chi connectivity index (χ3v) is 1.93. The van der Waals surface area contributed by atoms with Crippen LogP contribution in [0, 0.1) is 11.6 Å². The lowest BCUT2D eigenvalue weighted by molar-refractivity contribution is -0.139. The minimum atomic E-state index is -1.20. The standard InChI is InChI=1S/C11H11F2NO2/c1-2-3-14-10(11(15)16)7-4-8(12)6-9(13)5-7/h2,4-6,10,14H,1,3H2,(H,15,16). The second-order valence-electron chi connectivity index (χ2n) is 3.17. The Hall–Kier alpha value is -1.75. The monoisotopic (exact) mass is 227 g/mol. The summed E-state index contributed by atoms with van der Waals surface area (Å²) in [5.74, 6) is -2.81. The van der Waals surface area contributed by atoms with Gasteiger partial charge in [0.15, 0.2) is 0 Å². The first-order valence-electron chi connectivity index (χ1n) is 4.57. The zero-order chi connectivity index (χ0) is 12.1. The van der Waals surface area contributed by atoms with Gasteiger partial charge in [-0.15, -0.1) is 6.58 Å². The highest BCUT2D eigenvalue weighted by molar-refractivity contribution is 5.75. The fraction of sp³-hybridized carbons (Fsp3) is 0.182. The predicted molar refractivity (Wildman–Crippen MR) is 54.9 cm³/mol. The van der Waals surface area contributed by atoms with E-state index in [0.717, 1.165) is 12.1 Å². The Labute approximate surface area is 91.4 Å². The van der Waals surface area contributed by atoms with Crippen LogP contribution >= 0.6 is 0 Å². The molecule has 3 nitrogen and oxygen atoms in total. The van der Waals surface area contributed by atoms with Crippen molar-refractivity contribution in [2.45, 2.75) is 6.04 Å². The Morgan fingerprint density at radius 1 is 1.44 bits per heavy atom. The van der Waals surface area contributed by atoms with Crippen LogP contribution in [0.1, 0.15) is 11.6 Å². The van der Waals surface area contributed by atoms with Crippen LogP contribution in [0.4, 0.5) is 8.78 Å². The molecule has 0 saturated heterocycles. The molecule has 86 valence electrons. The number of aliphatic carboxylic acids is 1. The predicted octanol–water partition coefficient (Wildman–Crippen LogP) is 1.87. The first-order valence-corrected chi connectivity index (χ1v) is 4.57. The summed E-state index contributed by atoms with van der Waals surface area (Å²) in [6.45, 7) is 3.65.